The van der Waals surface area contributed by atoms with E-state index in [1.807, 2.05) is 0 Å². The van der Waals surface area contributed by atoms with Gasteiger partial charge in [-0.3, -0.25) is 38.6 Å². The second-order valence-electron chi connectivity index (χ2n) is 12.7. The van der Waals surface area contributed by atoms with Crippen LogP contribution in [-0.4, -0.2) is 103 Å². The second kappa shape index (κ2) is 17.0. The molecule has 0 spiro atoms. The molecule has 0 bridgehead atoms. The number of ketones is 1. The topological polar surface area (TPSA) is 218 Å². The van der Waals surface area contributed by atoms with Crippen molar-refractivity contribution >= 4 is 53.0 Å². The smallest absolute Gasteiger partial charge is 0.435 e. The summed E-state index contributed by atoms with van der Waals surface area (Å²) < 4.78 is 46.8. The summed E-state index contributed by atoms with van der Waals surface area (Å²) in [6.07, 6.45) is -5.77. The molecule has 2 saturated heterocycles. The number of carboxylic acids is 2. The van der Waals surface area contributed by atoms with Crippen LogP contribution < -0.4 is 15.4 Å². The summed E-state index contributed by atoms with van der Waals surface area (Å²) in [6, 6.07) is 7.58. The fourth-order valence-electron chi connectivity index (χ4n) is 6.03. The van der Waals surface area contributed by atoms with E-state index >= 15 is 0 Å². The molecule has 2 aromatic carbocycles. The Kier molecular flexibility index (Phi) is 12.4. The van der Waals surface area contributed by atoms with Crippen molar-refractivity contribution in [1.82, 2.24) is 30.4 Å². The maximum Gasteiger partial charge on any atom is 0.435 e. The summed E-state index contributed by atoms with van der Waals surface area (Å²) in [6.45, 7) is -0.944. The third-order valence-corrected chi connectivity index (χ3v) is 9.05. The average molecular weight is 791 g/mol. The summed E-state index contributed by atoms with van der Waals surface area (Å²) >= 11 is 5.89. The van der Waals surface area contributed by atoms with E-state index in [0.29, 0.717) is 11.6 Å². The van der Waals surface area contributed by atoms with Crippen LogP contribution in [-0.2, 0) is 41.4 Å². The number of carbonyl (C=O) groups is 7. The Labute approximate surface area is 315 Å². The molecule has 2 aliphatic heterocycles. The van der Waals surface area contributed by atoms with Gasteiger partial charge in [0, 0.05) is 36.0 Å². The van der Waals surface area contributed by atoms with E-state index in [-0.39, 0.29) is 61.3 Å². The highest BCUT2D eigenvalue weighted by Crippen LogP contribution is 2.32. The highest BCUT2D eigenvalue weighted by Gasteiger charge is 2.45. The van der Waals surface area contributed by atoms with Crippen LogP contribution in [0.2, 0.25) is 5.02 Å². The number of aromatic nitrogens is 2. The number of halogens is 4. The Bertz CT molecular complexity index is 1970. The first kappa shape index (κ1) is 40.2. The van der Waals surface area contributed by atoms with Gasteiger partial charge in [-0.15, -0.1) is 0 Å². The highest BCUT2D eigenvalue weighted by atomic mass is 35.5. The number of alkyl halides is 3. The summed E-state index contributed by atoms with van der Waals surface area (Å²) in [5.41, 5.74) is -0.439. The first-order valence-electron chi connectivity index (χ1n) is 16.9. The highest BCUT2D eigenvalue weighted by molar-refractivity contribution is 6.30. The van der Waals surface area contributed by atoms with E-state index in [4.69, 9.17) is 21.4 Å². The number of nitrogens with zero attached hydrogens (tertiary/aromatic N) is 4. The van der Waals surface area contributed by atoms with Gasteiger partial charge >= 0.3 is 18.1 Å². The maximum absolute atomic E-state index is 13.9. The molecule has 55 heavy (non-hydrogen) atoms. The van der Waals surface area contributed by atoms with Gasteiger partial charge < -0.3 is 25.6 Å². The van der Waals surface area contributed by atoms with Crippen LogP contribution in [0.1, 0.15) is 60.1 Å². The number of ether oxygens (including phenoxy) is 1. The quantitative estimate of drug-likeness (QED) is 0.186. The van der Waals surface area contributed by atoms with Crippen molar-refractivity contribution in [2.75, 3.05) is 13.2 Å². The zero-order valence-electron chi connectivity index (χ0n) is 28.8. The van der Waals surface area contributed by atoms with Gasteiger partial charge in [0.2, 0.25) is 17.7 Å². The minimum absolute atomic E-state index is 0.00912. The van der Waals surface area contributed by atoms with Crippen molar-refractivity contribution in [3.63, 3.8) is 0 Å². The molecule has 3 aromatic rings. The fraction of sp³-hybridized carbons (Fsp3) is 0.371. The van der Waals surface area contributed by atoms with Crippen molar-refractivity contribution in [3.8, 4) is 11.6 Å². The van der Waals surface area contributed by atoms with Crippen LogP contribution in [0.3, 0.4) is 0 Å². The maximum atomic E-state index is 13.9. The van der Waals surface area contributed by atoms with E-state index < -0.39 is 90.3 Å². The Morgan fingerprint density at radius 3 is 2.31 bits per heavy atom. The number of benzene rings is 2. The number of fused-ring (bicyclic) bond motifs is 1. The van der Waals surface area contributed by atoms with Gasteiger partial charge in [0.15, 0.2) is 18.1 Å². The predicted molar refractivity (Wildman–Crippen MR) is 183 cm³/mol. The molecular weight excluding hydrogens is 757 g/mol. The minimum Gasteiger partial charge on any atom is -0.481 e. The van der Waals surface area contributed by atoms with Crippen molar-refractivity contribution in [1.29, 1.82) is 0 Å². The molecule has 20 heteroatoms. The lowest BCUT2D eigenvalue weighted by Gasteiger charge is -2.43. The number of hydrogen-bond donors (Lipinski definition) is 4. The number of Topliss-reactive ketones (excluding diaryl/α,β-unsaturated/α-hetero) is 1. The van der Waals surface area contributed by atoms with Gasteiger partial charge in [-0.1, -0.05) is 23.7 Å². The molecule has 16 nitrogen and oxygen atoms in total. The molecule has 0 aliphatic carbocycles. The molecule has 3 heterocycles. The van der Waals surface area contributed by atoms with Crippen LogP contribution in [0.4, 0.5) is 13.2 Å². The fourth-order valence-corrected chi connectivity index (χ4v) is 6.15. The van der Waals surface area contributed by atoms with E-state index in [1.165, 1.54) is 36.4 Å². The Morgan fingerprint density at radius 2 is 1.67 bits per heavy atom. The largest absolute Gasteiger partial charge is 0.481 e. The lowest BCUT2D eigenvalue weighted by molar-refractivity contribution is -0.176. The average Bonchev–Trinajstić information content (AvgIpc) is 3.54. The Hall–Kier alpha value is -5.98. The van der Waals surface area contributed by atoms with Crippen molar-refractivity contribution in [3.05, 3.63) is 76.4 Å². The molecule has 3 unspecified atom stereocenters. The first-order valence-corrected chi connectivity index (χ1v) is 17.3. The molecule has 4 N–H and O–H groups in total. The number of hydrazine groups is 1. The molecule has 2 aliphatic rings. The summed E-state index contributed by atoms with van der Waals surface area (Å²) in [7, 11) is 0. The Morgan fingerprint density at radius 1 is 0.982 bits per heavy atom. The number of nitrogens with one attached hydrogen (secondary N) is 2. The van der Waals surface area contributed by atoms with Crippen molar-refractivity contribution in [2.24, 2.45) is 0 Å². The van der Waals surface area contributed by atoms with E-state index in [2.05, 4.69) is 15.7 Å². The second-order valence-corrected chi connectivity index (χ2v) is 13.1. The van der Waals surface area contributed by atoms with Crippen molar-refractivity contribution in [2.45, 2.75) is 69.2 Å². The van der Waals surface area contributed by atoms with Crippen LogP contribution in [0.5, 0.6) is 5.88 Å². The summed E-state index contributed by atoms with van der Waals surface area (Å²) in [4.78, 5) is 89.9. The van der Waals surface area contributed by atoms with Gasteiger partial charge in [-0.2, -0.15) is 18.3 Å². The first-order chi connectivity index (χ1) is 26.0. The number of aliphatic carboxylic acids is 2. The van der Waals surface area contributed by atoms with Gasteiger partial charge in [-0.25, -0.2) is 9.69 Å². The SMILES string of the molecule is O=C(O)CCc1ccc(C(=O)NC2CCC(=O)N3CCCC(C(=O)NC(CC(=O)O)C(=O)COc4cc(C(F)(F)F)nn4-c4ccc(Cl)cc4)N3C2=O)cc1. The third-order valence-electron chi connectivity index (χ3n) is 8.80. The number of rotatable bonds is 14. The normalized spacial score (nSPS) is 17.8. The molecule has 0 saturated carbocycles. The van der Waals surface area contributed by atoms with Crippen LogP contribution in [0.25, 0.3) is 5.69 Å². The van der Waals surface area contributed by atoms with Gasteiger partial charge in [-0.05, 0) is 67.6 Å². The zero-order valence-corrected chi connectivity index (χ0v) is 29.5. The molecule has 4 amide bonds. The lowest BCUT2D eigenvalue weighted by Crippen LogP contribution is -2.64. The Balaban J connectivity index is 1.31. The molecular formula is C35H34ClF3N6O10. The van der Waals surface area contributed by atoms with Crippen molar-refractivity contribution < 1.29 is 61.7 Å². The molecule has 1 aromatic heterocycles. The number of carboxylic acid groups (broad SMARTS) is 2. The number of hydrogen-bond acceptors (Lipinski definition) is 9. The van der Waals surface area contributed by atoms with E-state index in [9.17, 15) is 51.8 Å². The molecule has 2 fully saturated rings. The number of carbonyl (C=O) groups excluding carboxylic acids is 5. The molecule has 292 valence electrons. The van der Waals surface area contributed by atoms with Crippen LogP contribution in [0.15, 0.2) is 54.6 Å². The number of aryl methyl sites for hydroxylation is 1. The summed E-state index contributed by atoms with van der Waals surface area (Å²) in [5, 5.41) is 29.1. The van der Waals surface area contributed by atoms with Gasteiger partial charge in [0.1, 0.15) is 18.1 Å². The van der Waals surface area contributed by atoms with Crippen LogP contribution in [0, 0.1) is 0 Å². The monoisotopic (exact) mass is 790 g/mol. The molecule has 5 rings (SSSR count). The van der Waals surface area contributed by atoms with E-state index in [1.54, 1.807) is 12.1 Å². The minimum atomic E-state index is -4.89. The lowest BCUT2D eigenvalue weighted by atomic mass is 10.0. The molecule has 0 radical (unpaired) electrons. The van der Waals surface area contributed by atoms with Gasteiger partial charge in [0.25, 0.3) is 11.8 Å². The van der Waals surface area contributed by atoms with Gasteiger partial charge in [0.05, 0.1) is 12.1 Å². The molecule has 3 atom stereocenters. The number of amides is 4. The predicted octanol–water partition coefficient (Wildman–Crippen LogP) is 2.80. The standard InChI is InChI=1S/C35H34ClF3N6O10/c36-21-8-10-22(11-9-21)44-29(17-27(42-44)35(37,38)39)55-18-26(46)24(16-31(50)51)41-33(53)25-2-1-15-43-28(47)13-12-23(34(54)45(25)43)40-32(52)20-6-3-19(4-7-20)5-14-30(48)49/h3-4,6-11,17,23-25H,1-2,5,12-16,18H2,(H,40,52)(H,41,53)(H,48,49)(H,50,51). The summed E-state index contributed by atoms with van der Waals surface area (Å²) in [5.74, 6) is -7.08. The van der Waals surface area contributed by atoms with Crippen LogP contribution >= 0.6 is 11.6 Å². The third kappa shape index (κ3) is 9.97. The van der Waals surface area contributed by atoms with E-state index in [0.717, 1.165) is 14.7 Å². The zero-order chi connectivity index (χ0) is 40.0.